The van der Waals surface area contributed by atoms with Crippen LogP contribution >= 0.6 is 0 Å². The van der Waals surface area contributed by atoms with Gasteiger partial charge < -0.3 is 9.47 Å². The molecule has 5 heteroatoms. The molecule has 0 aromatic heterocycles. The van der Waals surface area contributed by atoms with Gasteiger partial charge in [0, 0.05) is 0 Å². The van der Waals surface area contributed by atoms with Crippen molar-refractivity contribution in [2.75, 3.05) is 13.7 Å². The van der Waals surface area contributed by atoms with E-state index in [1.807, 2.05) is 0 Å². The van der Waals surface area contributed by atoms with E-state index in [9.17, 15) is 13.2 Å². The molecule has 2 aromatic carbocycles. The maximum absolute atomic E-state index is 13.1. The van der Waals surface area contributed by atoms with Gasteiger partial charge in [-0.2, -0.15) is 13.2 Å². The minimum absolute atomic E-state index is 0.0774. The lowest BCUT2D eigenvalue weighted by Crippen LogP contribution is -2.11. The summed E-state index contributed by atoms with van der Waals surface area (Å²) in [5.41, 5.74) is -0.712. The number of benzene rings is 2. The third-order valence-corrected chi connectivity index (χ3v) is 3.03. The van der Waals surface area contributed by atoms with E-state index >= 15 is 0 Å². The van der Waals surface area contributed by atoms with E-state index < -0.39 is 11.7 Å². The summed E-state index contributed by atoms with van der Waals surface area (Å²) in [4.78, 5) is 0. The van der Waals surface area contributed by atoms with Crippen LogP contribution in [0.25, 0.3) is 16.3 Å². The van der Waals surface area contributed by atoms with Crippen LogP contribution in [-0.2, 0) is 4.74 Å². The van der Waals surface area contributed by atoms with Crippen molar-refractivity contribution in [1.82, 2.24) is 0 Å². The normalized spacial score (nSPS) is 12.5. The number of ether oxygens (including phenoxy) is 2. The van der Waals surface area contributed by atoms with E-state index in [0.717, 1.165) is 11.6 Å². The molecule has 0 N–H and O–H groups in total. The molecule has 0 atom stereocenters. The fraction of sp³-hybridized carbons (Fsp3) is 0.250. The van der Waals surface area contributed by atoms with E-state index in [1.165, 1.54) is 12.1 Å². The third kappa shape index (κ3) is 3.48. The molecule has 2 nitrogen and oxygen atoms in total. The highest BCUT2D eigenvalue weighted by Crippen LogP contribution is 2.35. The number of halogens is 3. The van der Waals surface area contributed by atoms with Gasteiger partial charge in [0.25, 0.3) is 0 Å². The lowest BCUT2D eigenvalue weighted by atomic mass is 10.0. The molecule has 0 bridgehead atoms. The molecular weight excluding hydrogens is 281 g/mol. The molecule has 112 valence electrons. The predicted molar refractivity (Wildman–Crippen MR) is 76.2 cm³/mol. The first-order valence-electron chi connectivity index (χ1n) is 6.43. The maximum atomic E-state index is 13.1. The largest absolute Gasteiger partial charge is 0.501 e. The minimum Gasteiger partial charge on any atom is -0.501 e. The van der Waals surface area contributed by atoms with Crippen LogP contribution in [0.1, 0.15) is 12.5 Å². The second-order valence-corrected chi connectivity index (χ2v) is 4.41. The quantitative estimate of drug-likeness (QED) is 0.755. The van der Waals surface area contributed by atoms with Gasteiger partial charge in [-0.1, -0.05) is 18.2 Å². The number of rotatable bonds is 4. The SMILES string of the molecule is CCO/C=C(\c1ccc2cc(OC)ccc2c1)C(F)(F)F. The Bertz CT molecular complexity index is 660. The Hall–Kier alpha value is -2.17. The molecule has 0 saturated carbocycles. The molecule has 0 aliphatic rings. The summed E-state index contributed by atoms with van der Waals surface area (Å²) in [6, 6.07) is 9.78. The molecule has 0 aliphatic heterocycles. The smallest absolute Gasteiger partial charge is 0.419 e. The molecule has 0 spiro atoms. The summed E-state index contributed by atoms with van der Waals surface area (Å²) in [6.45, 7) is 1.82. The Morgan fingerprint density at radius 3 is 2.38 bits per heavy atom. The van der Waals surface area contributed by atoms with Crippen LogP contribution in [0.2, 0.25) is 0 Å². The second kappa shape index (κ2) is 6.08. The Kier molecular flexibility index (Phi) is 4.40. The molecule has 0 heterocycles. The van der Waals surface area contributed by atoms with Gasteiger partial charge in [0.05, 0.1) is 25.6 Å². The molecule has 21 heavy (non-hydrogen) atoms. The highest BCUT2D eigenvalue weighted by atomic mass is 19.4. The van der Waals surface area contributed by atoms with Crippen molar-refractivity contribution in [3.05, 3.63) is 48.2 Å². The number of alkyl halides is 3. The van der Waals surface area contributed by atoms with Crippen molar-refractivity contribution in [2.24, 2.45) is 0 Å². The van der Waals surface area contributed by atoms with Gasteiger partial charge in [0.2, 0.25) is 0 Å². The Labute approximate surface area is 120 Å². The monoisotopic (exact) mass is 296 g/mol. The first kappa shape index (κ1) is 15.2. The first-order chi connectivity index (χ1) is 9.95. The highest BCUT2D eigenvalue weighted by Gasteiger charge is 2.35. The molecule has 0 fully saturated rings. The zero-order valence-corrected chi connectivity index (χ0v) is 11.7. The molecule has 2 rings (SSSR count). The highest BCUT2D eigenvalue weighted by molar-refractivity contribution is 5.87. The average Bonchev–Trinajstić information content (AvgIpc) is 2.45. The third-order valence-electron chi connectivity index (χ3n) is 3.03. The molecular formula is C16H15F3O2. The van der Waals surface area contributed by atoms with Crippen molar-refractivity contribution in [2.45, 2.75) is 13.1 Å². The van der Waals surface area contributed by atoms with Crippen LogP contribution in [0.15, 0.2) is 42.7 Å². The second-order valence-electron chi connectivity index (χ2n) is 4.41. The predicted octanol–water partition coefficient (Wildman–Crippen LogP) is 4.79. The van der Waals surface area contributed by atoms with Crippen molar-refractivity contribution >= 4 is 16.3 Å². The standard InChI is InChI=1S/C16H15F3O2/c1-3-21-10-15(16(17,18)19)13-5-4-12-9-14(20-2)7-6-11(12)8-13/h4-10H,3H2,1-2H3/b15-10+. The van der Waals surface area contributed by atoms with Crippen LogP contribution in [0.5, 0.6) is 5.75 Å². The Morgan fingerprint density at radius 2 is 1.76 bits per heavy atom. The lowest BCUT2D eigenvalue weighted by molar-refractivity contribution is -0.0703. The van der Waals surface area contributed by atoms with Crippen LogP contribution in [0.3, 0.4) is 0 Å². The first-order valence-corrected chi connectivity index (χ1v) is 6.43. The average molecular weight is 296 g/mol. The van der Waals surface area contributed by atoms with Gasteiger partial charge in [0.15, 0.2) is 0 Å². The summed E-state index contributed by atoms with van der Waals surface area (Å²) >= 11 is 0. The maximum Gasteiger partial charge on any atom is 0.419 e. The van der Waals surface area contributed by atoms with Crippen molar-refractivity contribution in [1.29, 1.82) is 0 Å². The van der Waals surface area contributed by atoms with Crippen LogP contribution in [0, 0.1) is 0 Å². The van der Waals surface area contributed by atoms with Crippen LogP contribution < -0.4 is 4.74 Å². The van der Waals surface area contributed by atoms with Crippen molar-refractivity contribution in [3.63, 3.8) is 0 Å². The van der Waals surface area contributed by atoms with Gasteiger partial charge in [-0.15, -0.1) is 0 Å². The van der Waals surface area contributed by atoms with Crippen LogP contribution in [-0.4, -0.2) is 19.9 Å². The van der Waals surface area contributed by atoms with Gasteiger partial charge >= 0.3 is 6.18 Å². The van der Waals surface area contributed by atoms with E-state index in [4.69, 9.17) is 9.47 Å². The molecule has 0 saturated heterocycles. The zero-order chi connectivity index (χ0) is 15.5. The Morgan fingerprint density at radius 1 is 1.10 bits per heavy atom. The fourth-order valence-corrected chi connectivity index (χ4v) is 1.98. The molecule has 0 radical (unpaired) electrons. The molecule has 0 unspecified atom stereocenters. The molecule has 0 amide bonds. The van der Waals surface area contributed by atoms with E-state index in [1.54, 1.807) is 38.3 Å². The zero-order valence-electron chi connectivity index (χ0n) is 11.7. The summed E-state index contributed by atoms with van der Waals surface area (Å²) in [5.74, 6) is 0.663. The van der Waals surface area contributed by atoms with E-state index in [-0.39, 0.29) is 12.2 Å². The number of allylic oxidation sites excluding steroid dienone is 1. The summed E-state index contributed by atoms with van der Waals surface area (Å²) < 4.78 is 49.2. The number of hydrogen-bond acceptors (Lipinski definition) is 2. The topological polar surface area (TPSA) is 18.5 Å². The van der Waals surface area contributed by atoms with Gasteiger partial charge in [0.1, 0.15) is 5.75 Å². The number of hydrogen-bond donors (Lipinski definition) is 0. The van der Waals surface area contributed by atoms with E-state index in [2.05, 4.69) is 0 Å². The molecule has 2 aromatic rings. The molecule has 0 aliphatic carbocycles. The minimum atomic E-state index is -4.46. The summed E-state index contributed by atoms with van der Waals surface area (Å²) in [5, 5.41) is 1.52. The van der Waals surface area contributed by atoms with Gasteiger partial charge in [-0.3, -0.25) is 0 Å². The van der Waals surface area contributed by atoms with Gasteiger partial charge in [-0.05, 0) is 41.5 Å². The number of fused-ring (bicyclic) bond motifs is 1. The number of methoxy groups -OCH3 is 1. The lowest BCUT2D eigenvalue weighted by Gasteiger charge is -2.13. The summed E-state index contributed by atoms with van der Waals surface area (Å²) in [6.07, 6.45) is -3.69. The fourth-order valence-electron chi connectivity index (χ4n) is 1.98. The summed E-state index contributed by atoms with van der Waals surface area (Å²) in [7, 11) is 1.54. The van der Waals surface area contributed by atoms with E-state index in [0.29, 0.717) is 11.1 Å². The van der Waals surface area contributed by atoms with Crippen LogP contribution in [0.4, 0.5) is 13.2 Å². The van der Waals surface area contributed by atoms with Crippen molar-refractivity contribution in [3.8, 4) is 5.75 Å². The Balaban J connectivity index is 2.49. The van der Waals surface area contributed by atoms with Gasteiger partial charge in [-0.25, -0.2) is 0 Å². The van der Waals surface area contributed by atoms with Crippen molar-refractivity contribution < 1.29 is 22.6 Å².